The number of rotatable bonds is 9. The van der Waals surface area contributed by atoms with Crippen molar-refractivity contribution in [2.75, 3.05) is 7.11 Å². The number of carboxylic acid groups (broad SMARTS) is 2. The first kappa shape index (κ1) is 20.0. The zero-order valence-electron chi connectivity index (χ0n) is 14.8. The summed E-state index contributed by atoms with van der Waals surface area (Å²) < 4.78 is 5.03. The van der Waals surface area contributed by atoms with E-state index in [0.717, 1.165) is 11.1 Å². The minimum Gasteiger partial charge on any atom is -0.497 e. The number of methoxy groups -OCH3 is 1. The fourth-order valence-corrected chi connectivity index (χ4v) is 2.51. The first-order valence-corrected chi connectivity index (χ1v) is 8.36. The van der Waals surface area contributed by atoms with E-state index in [2.05, 4.69) is 5.32 Å². The normalized spacial score (nSPS) is 11.4. The minimum absolute atomic E-state index is 0.0367. The Labute approximate surface area is 156 Å². The number of benzene rings is 2. The van der Waals surface area contributed by atoms with Gasteiger partial charge in [0.1, 0.15) is 11.8 Å². The van der Waals surface area contributed by atoms with Gasteiger partial charge in [-0.25, -0.2) is 4.79 Å². The quantitative estimate of drug-likeness (QED) is 0.622. The Bertz CT molecular complexity index is 798. The summed E-state index contributed by atoms with van der Waals surface area (Å²) in [5.41, 5.74) is 1.93. The van der Waals surface area contributed by atoms with Gasteiger partial charge in [0.25, 0.3) is 5.91 Å². The molecule has 7 heteroatoms. The summed E-state index contributed by atoms with van der Waals surface area (Å²) in [5, 5.41) is 20.6. The average Bonchev–Trinajstić information content (AvgIpc) is 2.66. The second kappa shape index (κ2) is 9.38. The number of carboxylic acids is 2. The third-order valence-corrected chi connectivity index (χ3v) is 4.05. The van der Waals surface area contributed by atoms with Crippen LogP contribution in [0.5, 0.6) is 5.75 Å². The van der Waals surface area contributed by atoms with Gasteiger partial charge in [-0.15, -0.1) is 0 Å². The Kier molecular flexibility index (Phi) is 6.93. The van der Waals surface area contributed by atoms with Gasteiger partial charge >= 0.3 is 11.9 Å². The topological polar surface area (TPSA) is 113 Å². The van der Waals surface area contributed by atoms with Gasteiger partial charge in [0.15, 0.2) is 0 Å². The lowest BCUT2D eigenvalue weighted by Crippen LogP contribution is -2.42. The SMILES string of the molecule is COc1ccc(C(=O)NC(Cc2ccc(CCC(=O)O)cc2)C(=O)O)cc1. The predicted molar refractivity (Wildman–Crippen MR) is 98.0 cm³/mol. The standard InChI is InChI=1S/C20H21NO6/c1-27-16-9-7-15(8-10-16)19(24)21-17(20(25)26)12-14-4-2-13(3-5-14)6-11-18(22)23/h2-5,7-10,17H,6,11-12H2,1H3,(H,21,24)(H,22,23)(H,25,26). The maximum Gasteiger partial charge on any atom is 0.326 e. The van der Waals surface area contributed by atoms with Crippen molar-refractivity contribution < 1.29 is 29.3 Å². The third-order valence-electron chi connectivity index (χ3n) is 4.05. The molecule has 0 radical (unpaired) electrons. The van der Waals surface area contributed by atoms with Gasteiger partial charge in [0, 0.05) is 18.4 Å². The van der Waals surface area contributed by atoms with Crippen LogP contribution < -0.4 is 10.1 Å². The van der Waals surface area contributed by atoms with E-state index < -0.39 is 23.9 Å². The fourth-order valence-electron chi connectivity index (χ4n) is 2.51. The number of carbonyl (C=O) groups excluding carboxylic acids is 1. The Morgan fingerprint density at radius 2 is 1.56 bits per heavy atom. The molecule has 1 atom stereocenters. The van der Waals surface area contributed by atoms with E-state index in [1.165, 1.54) is 7.11 Å². The molecule has 2 aromatic carbocycles. The molecule has 0 aromatic heterocycles. The summed E-state index contributed by atoms with van der Waals surface area (Å²) in [4.78, 5) is 34.4. The van der Waals surface area contributed by atoms with Crippen LogP contribution in [0.15, 0.2) is 48.5 Å². The van der Waals surface area contributed by atoms with Gasteiger partial charge in [-0.3, -0.25) is 9.59 Å². The van der Waals surface area contributed by atoms with E-state index >= 15 is 0 Å². The van der Waals surface area contributed by atoms with Crippen LogP contribution in [-0.2, 0) is 22.4 Å². The van der Waals surface area contributed by atoms with Crippen molar-refractivity contribution >= 4 is 17.8 Å². The number of hydrogen-bond acceptors (Lipinski definition) is 4. The summed E-state index contributed by atoms with van der Waals surface area (Å²) in [5.74, 6) is -1.88. The number of aryl methyl sites for hydroxylation is 1. The predicted octanol–water partition coefficient (Wildman–Crippen LogP) is 2.14. The van der Waals surface area contributed by atoms with Gasteiger partial charge < -0.3 is 20.3 Å². The molecule has 1 unspecified atom stereocenters. The summed E-state index contributed by atoms with van der Waals surface area (Å²) in [6, 6.07) is 12.3. The molecule has 0 heterocycles. The van der Waals surface area contributed by atoms with Crippen molar-refractivity contribution in [3.05, 3.63) is 65.2 Å². The smallest absolute Gasteiger partial charge is 0.326 e. The highest BCUT2D eigenvalue weighted by molar-refractivity contribution is 5.96. The Morgan fingerprint density at radius 1 is 0.963 bits per heavy atom. The van der Waals surface area contributed by atoms with Crippen LogP contribution in [0.1, 0.15) is 27.9 Å². The zero-order chi connectivity index (χ0) is 19.8. The monoisotopic (exact) mass is 371 g/mol. The first-order valence-electron chi connectivity index (χ1n) is 8.36. The molecule has 0 aliphatic carbocycles. The summed E-state index contributed by atoms with van der Waals surface area (Å²) >= 11 is 0. The molecule has 2 aromatic rings. The van der Waals surface area contributed by atoms with Gasteiger partial charge in [-0.1, -0.05) is 24.3 Å². The fraction of sp³-hybridized carbons (Fsp3) is 0.250. The van der Waals surface area contributed by atoms with Crippen LogP contribution >= 0.6 is 0 Å². The molecule has 0 saturated heterocycles. The molecular weight excluding hydrogens is 350 g/mol. The second-order valence-electron chi connectivity index (χ2n) is 6.01. The van der Waals surface area contributed by atoms with E-state index in [1.807, 2.05) is 0 Å². The second-order valence-corrected chi connectivity index (χ2v) is 6.01. The van der Waals surface area contributed by atoms with E-state index in [4.69, 9.17) is 9.84 Å². The van der Waals surface area contributed by atoms with Gasteiger partial charge in [0.2, 0.25) is 0 Å². The van der Waals surface area contributed by atoms with E-state index in [9.17, 15) is 19.5 Å². The molecule has 0 aliphatic rings. The highest BCUT2D eigenvalue weighted by atomic mass is 16.5. The van der Waals surface area contributed by atoms with Crippen LogP contribution in [0.25, 0.3) is 0 Å². The van der Waals surface area contributed by atoms with Crippen molar-refractivity contribution in [3.8, 4) is 5.75 Å². The van der Waals surface area contributed by atoms with Crippen LogP contribution in [-0.4, -0.2) is 41.2 Å². The summed E-state index contributed by atoms with van der Waals surface area (Å²) in [6.07, 6.45) is 0.567. The van der Waals surface area contributed by atoms with Gasteiger partial charge in [-0.05, 0) is 41.8 Å². The lowest BCUT2D eigenvalue weighted by atomic mass is 10.0. The van der Waals surface area contributed by atoms with E-state index in [0.29, 0.717) is 17.7 Å². The number of hydrogen-bond donors (Lipinski definition) is 3. The van der Waals surface area contributed by atoms with E-state index in [-0.39, 0.29) is 12.8 Å². The zero-order valence-corrected chi connectivity index (χ0v) is 14.8. The van der Waals surface area contributed by atoms with Gasteiger partial charge in [0.05, 0.1) is 7.11 Å². The third kappa shape index (κ3) is 6.14. The number of nitrogens with one attached hydrogen (secondary N) is 1. The van der Waals surface area contributed by atoms with Crippen LogP contribution in [0, 0.1) is 0 Å². The molecular formula is C20H21NO6. The Morgan fingerprint density at radius 3 is 2.07 bits per heavy atom. The number of amides is 1. The van der Waals surface area contributed by atoms with Crippen molar-refractivity contribution in [1.29, 1.82) is 0 Å². The molecule has 0 fully saturated rings. The number of aliphatic carboxylic acids is 2. The molecule has 3 N–H and O–H groups in total. The maximum atomic E-state index is 12.3. The average molecular weight is 371 g/mol. The number of ether oxygens (including phenoxy) is 1. The molecule has 142 valence electrons. The van der Waals surface area contributed by atoms with E-state index in [1.54, 1.807) is 48.5 Å². The highest BCUT2D eigenvalue weighted by Crippen LogP contribution is 2.13. The molecule has 0 aliphatic heterocycles. The largest absolute Gasteiger partial charge is 0.497 e. The summed E-state index contributed by atoms with van der Waals surface area (Å²) in [7, 11) is 1.52. The van der Waals surface area contributed by atoms with Crippen molar-refractivity contribution in [2.45, 2.75) is 25.3 Å². The number of carbonyl (C=O) groups is 3. The molecule has 2 rings (SSSR count). The Balaban J connectivity index is 2.01. The lowest BCUT2D eigenvalue weighted by molar-refractivity contribution is -0.139. The molecule has 0 saturated carbocycles. The van der Waals surface area contributed by atoms with Crippen LogP contribution in [0.4, 0.5) is 0 Å². The molecule has 27 heavy (non-hydrogen) atoms. The van der Waals surface area contributed by atoms with Crippen molar-refractivity contribution in [2.24, 2.45) is 0 Å². The van der Waals surface area contributed by atoms with Crippen molar-refractivity contribution in [1.82, 2.24) is 5.32 Å². The minimum atomic E-state index is -1.13. The molecule has 1 amide bonds. The Hall–Kier alpha value is -3.35. The van der Waals surface area contributed by atoms with Crippen LogP contribution in [0.3, 0.4) is 0 Å². The molecule has 7 nitrogen and oxygen atoms in total. The lowest BCUT2D eigenvalue weighted by Gasteiger charge is -2.15. The van der Waals surface area contributed by atoms with Crippen LogP contribution in [0.2, 0.25) is 0 Å². The van der Waals surface area contributed by atoms with Crippen molar-refractivity contribution in [3.63, 3.8) is 0 Å². The summed E-state index contributed by atoms with van der Waals surface area (Å²) in [6.45, 7) is 0. The maximum absolute atomic E-state index is 12.3. The molecule has 0 bridgehead atoms. The molecule has 0 spiro atoms. The first-order chi connectivity index (χ1) is 12.9. The van der Waals surface area contributed by atoms with Gasteiger partial charge in [-0.2, -0.15) is 0 Å². The highest BCUT2D eigenvalue weighted by Gasteiger charge is 2.21.